The van der Waals surface area contributed by atoms with Crippen LogP contribution < -0.4 is 5.32 Å². The first kappa shape index (κ1) is 8.73. The van der Waals surface area contributed by atoms with Crippen LogP contribution in [0.5, 0.6) is 0 Å². The molecule has 1 atom stereocenters. The second kappa shape index (κ2) is 3.36. The predicted octanol–water partition coefficient (Wildman–Crippen LogP) is 0.302. The maximum atomic E-state index is 10.9. The number of aliphatic hydroxyl groups excluding tert-OH is 1. The summed E-state index contributed by atoms with van der Waals surface area (Å²) in [6.45, 7) is 3.12. The summed E-state index contributed by atoms with van der Waals surface area (Å²) in [5, 5.41) is 14.8. The van der Waals surface area contributed by atoms with E-state index in [9.17, 15) is 4.79 Å². The highest BCUT2D eigenvalue weighted by Gasteiger charge is 2.11. The quantitative estimate of drug-likeness (QED) is 0.669. The molecule has 1 amide bonds. The number of rotatable bonds is 2. The van der Waals surface area contributed by atoms with Crippen molar-refractivity contribution < 1.29 is 14.4 Å². The van der Waals surface area contributed by atoms with E-state index in [0.717, 1.165) is 5.56 Å². The molecule has 0 saturated carbocycles. The maximum Gasteiger partial charge on any atom is 0.254 e. The zero-order chi connectivity index (χ0) is 9.14. The van der Waals surface area contributed by atoms with Gasteiger partial charge in [-0.25, -0.2) is 0 Å². The van der Waals surface area contributed by atoms with Gasteiger partial charge in [0.15, 0.2) is 5.82 Å². The lowest BCUT2D eigenvalue weighted by atomic mass is 10.3. The molecule has 0 bridgehead atoms. The molecule has 1 rings (SSSR count). The molecular formula is C7H10N2O3. The molecule has 0 spiro atoms. The molecule has 0 aliphatic heterocycles. The van der Waals surface area contributed by atoms with Gasteiger partial charge in [-0.15, -0.1) is 0 Å². The SMILES string of the molecule is Cc1conc1NC(=O)[C@@H](C)O. The fraction of sp³-hybridized carbons (Fsp3) is 0.429. The van der Waals surface area contributed by atoms with Gasteiger partial charge in [0.05, 0.1) is 0 Å². The minimum absolute atomic E-state index is 0.348. The second-order valence-electron chi connectivity index (χ2n) is 2.51. The first-order chi connectivity index (χ1) is 5.61. The molecule has 5 nitrogen and oxygen atoms in total. The van der Waals surface area contributed by atoms with Crippen LogP contribution in [0.25, 0.3) is 0 Å². The van der Waals surface area contributed by atoms with Crippen LogP contribution in [0.15, 0.2) is 10.8 Å². The first-order valence-electron chi connectivity index (χ1n) is 3.51. The smallest absolute Gasteiger partial charge is 0.254 e. The number of nitrogens with zero attached hydrogens (tertiary/aromatic N) is 1. The fourth-order valence-corrected chi connectivity index (χ4v) is 0.628. The van der Waals surface area contributed by atoms with E-state index in [4.69, 9.17) is 5.11 Å². The van der Waals surface area contributed by atoms with Gasteiger partial charge in [-0.1, -0.05) is 5.16 Å². The van der Waals surface area contributed by atoms with Crippen molar-refractivity contribution in [2.75, 3.05) is 5.32 Å². The minimum Gasteiger partial charge on any atom is -0.384 e. The lowest BCUT2D eigenvalue weighted by Crippen LogP contribution is -2.24. The summed E-state index contributed by atoms with van der Waals surface area (Å²) in [5.41, 5.74) is 0.726. The maximum absolute atomic E-state index is 10.9. The number of hydrogen-bond donors (Lipinski definition) is 2. The highest BCUT2D eigenvalue weighted by Crippen LogP contribution is 2.10. The standard InChI is InChI=1S/C7H10N2O3/c1-4-3-12-9-6(4)8-7(11)5(2)10/h3,5,10H,1-2H3,(H,8,9,11)/t5-/m1/s1. The summed E-state index contributed by atoms with van der Waals surface area (Å²) in [4.78, 5) is 10.9. The van der Waals surface area contributed by atoms with E-state index in [1.54, 1.807) is 6.92 Å². The Morgan fingerprint density at radius 3 is 2.92 bits per heavy atom. The Kier molecular flexibility index (Phi) is 2.44. The molecule has 0 unspecified atom stereocenters. The molecule has 1 heterocycles. The molecule has 0 aromatic carbocycles. The predicted molar refractivity (Wildman–Crippen MR) is 41.6 cm³/mol. The third-order valence-corrected chi connectivity index (χ3v) is 1.37. The van der Waals surface area contributed by atoms with Gasteiger partial charge < -0.3 is 14.9 Å². The van der Waals surface area contributed by atoms with Crippen molar-refractivity contribution in [3.8, 4) is 0 Å². The third kappa shape index (κ3) is 1.82. The molecule has 0 radical (unpaired) electrons. The van der Waals surface area contributed by atoms with Crippen LogP contribution in [0, 0.1) is 6.92 Å². The number of carbonyl (C=O) groups excluding carboxylic acids is 1. The lowest BCUT2D eigenvalue weighted by Gasteiger charge is -2.03. The van der Waals surface area contributed by atoms with E-state index in [0.29, 0.717) is 5.82 Å². The van der Waals surface area contributed by atoms with E-state index in [-0.39, 0.29) is 0 Å². The number of hydrogen-bond acceptors (Lipinski definition) is 4. The molecule has 0 saturated heterocycles. The van der Waals surface area contributed by atoms with E-state index in [2.05, 4.69) is 15.0 Å². The molecule has 0 aliphatic rings. The van der Waals surface area contributed by atoms with Crippen LogP contribution in [-0.2, 0) is 4.79 Å². The molecule has 66 valence electrons. The molecule has 0 aliphatic carbocycles. The Morgan fingerprint density at radius 2 is 2.50 bits per heavy atom. The van der Waals surface area contributed by atoms with Crippen LogP contribution >= 0.6 is 0 Å². The molecule has 0 fully saturated rings. The molecular weight excluding hydrogens is 160 g/mol. The van der Waals surface area contributed by atoms with Crippen LogP contribution in [0.2, 0.25) is 0 Å². The Balaban J connectivity index is 2.64. The number of amides is 1. The number of carbonyl (C=O) groups is 1. The first-order valence-corrected chi connectivity index (χ1v) is 3.51. The summed E-state index contributed by atoms with van der Waals surface area (Å²) in [5.74, 6) is -0.145. The number of aryl methyl sites for hydroxylation is 1. The van der Waals surface area contributed by atoms with Crippen molar-refractivity contribution in [1.82, 2.24) is 5.16 Å². The average Bonchev–Trinajstić information content (AvgIpc) is 2.36. The minimum atomic E-state index is -1.04. The van der Waals surface area contributed by atoms with E-state index >= 15 is 0 Å². The largest absolute Gasteiger partial charge is 0.384 e. The topological polar surface area (TPSA) is 75.4 Å². The van der Waals surface area contributed by atoms with Crippen molar-refractivity contribution in [3.63, 3.8) is 0 Å². The van der Waals surface area contributed by atoms with Gasteiger partial charge >= 0.3 is 0 Å². The normalized spacial score (nSPS) is 12.6. The van der Waals surface area contributed by atoms with E-state index in [1.165, 1.54) is 13.2 Å². The second-order valence-corrected chi connectivity index (χ2v) is 2.51. The van der Waals surface area contributed by atoms with Crippen molar-refractivity contribution >= 4 is 11.7 Å². The number of nitrogens with one attached hydrogen (secondary N) is 1. The zero-order valence-electron chi connectivity index (χ0n) is 6.87. The zero-order valence-corrected chi connectivity index (χ0v) is 6.87. The van der Waals surface area contributed by atoms with Gasteiger partial charge in [0.1, 0.15) is 12.4 Å². The van der Waals surface area contributed by atoms with Crippen LogP contribution in [-0.4, -0.2) is 22.3 Å². The van der Waals surface area contributed by atoms with E-state index in [1.807, 2.05) is 0 Å². The van der Waals surface area contributed by atoms with Gasteiger partial charge in [-0.2, -0.15) is 0 Å². The van der Waals surface area contributed by atoms with Crippen LogP contribution in [0.1, 0.15) is 12.5 Å². The van der Waals surface area contributed by atoms with Crippen molar-refractivity contribution in [2.45, 2.75) is 20.0 Å². The van der Waals surface area contributed by atoms with Gasteiger partial charge in [0, 0.05) is 5.56 Å². The summed E-state index contributed by atoms with van der Waals surface area (Å²) in [7, 11) is 0. The van der Waals surface area contributed by atoms with Crippen molar-refractivity contribution in [3.05, 3.63) is 11.8 Å². The fourth-order valence-electron chi connectivity index (χ4n) is 0.628. The lowest BCUT2D eigenvalue weighted by molar-refractivity contribution is -0.123. The van der Waals surface area contributed by atoms with Crippen molar-refractivity contribution in [2.24, 2.45) is 0 Å². The van der Waals surface area contributed by atoms with Gasteiger partial charge in [-0.3, -0.25) is 4.79 Å². The Morgan fingerprint density at radius 1 is 1.83 bits per heavy atom. The number of aliphatic hydroxyl groups is 1. The summed E-state index contributed by atoms with van der Waals surface area (Å²) < 4.78 is 4.58. The molecule has 1 aromatic rings. The molecule has 5 heteroatoms. The average molecular weight is 170 g/mol. The Labute approximate surface area is 69.4 Å². The van der Waals surface area contributed by atoms with Crippen LogP contribution in [0.4, 0.5) is 5.82 Å². The van der Waals surface area contributed by atoms with Gasteiger partial charge in [0.2, 0.25) is 0 Å². The summed E-state index contributed by atoms with van der Waals surface area (Å²) >= 11 is 0. The highest BCUT2D eigenvalue weighted by molar-refractivity contribution is 5.93. The third-order valence-electron chi connectivity index (χ3n) is 1.37. The molecule has 12 heavy (non-hydrogen) atoms. The Hall–Kier alpha value is -1.36. The van der Waals surface area contributed by atoms with Gasteiger partial charge in [0.25, 0.3) is 5.91 Å². The Bertz CT molecular complexity index is 280. The molecule has 1 aromatic heterocycles. The van der Waals surface area contributed by atoms with E-state index < -0.39 is 12.0 Å². The monoisotopic (exact) mass is 170 g/mol. The van der Waals surface area contributed by atoms with Crippen molar-refractivity contribution in [1.29, 1.82) is 0 Å². The summed E-state index contributed by atoms with van der Waals surface area (Å²) in [6.07, 6.45) is 0.374. The summed E-state index contributed by atoms with van der Waals surface area (Å²) in [6, 6.07) is 0. The highest BCUT2D eigenvalue weighted by atomic mass is 16.5. The molecule has 2 N–H and O–H groups in total. The number of anilines is 1. The van der Waals surface area contributed by atoms with Gasteiger partial charge in [-0.05, 0) is 13.8 Å². The van der Waals surface area contributed by atoms with Crippen LogP contribution in [0.3, 0.4) is 0 Å². The number of aromatic nitrogens is 1.